The van der Waals surface area contributed by atoms with Crippen LogP contribution in [0.5, 0.6) is 0 Å². The normalized spacial score (nSPS) is 14.5. The maximum Gasteiger partial charge on any atom is 0.286 e. The van der Waals surface area contributed by atoms with E-state index < -0.39 is 0 Å². The molecule has 0 unspecified atom stereocenters. The van der Waals surface area contributed by atoms with Crippen molar-refractivity contribution in [3.63, 3.8) is 0 Å². The quantitative estimate of drug-likeness (QED) is 0.759. The SMILES string of the molecule is Cc1ccc(NC(=O)c2nn3c(C4CC4)nnc3s2)c(Br)c1. The van der Waals surface area contributed by atoms with Gasteiger partial charge in [-0.3, -0.25) is 4.79 Å². The van der Waals surface area contributed by atoms with Gasteiger partial charge < -0.3 is 5.32 Å². The highest BCUT2D eigenvalue weighted by Crippen LogP contribution is 2.39. The van der Waals surface area contributed by atoms with Crippen molar-refractivity contribution >= 4 is 43.8 Å². The molecule has 1 amide bonds. The fourth-order valence-corrected chi connectivity index (χ4v) is 3.55. The number of carbonyl (C=O) groups is 1. The smallest absolute Gasteiger partial charge is 0.286 e. The molecule has 0 atom stereocenters. The zero-order chi connectivity index (χ0) is 15.3. The first kappa shape index (κ1) is 13.8. The Labute approximate surface area is 138 Å². The summed E-state index contributed by atoms with van der Waals surface area (Å²) in [7, 11) is 0. The number of amides is 1. The van der Waals surface area contributed by atoms with Gasteiger partial charge in [-0.15, -0.1) is 15.3 Å². The summed E-state index contributed by atoms with van der Waals surface area (Å²) in [6.07, 6.45) is 2.24. The second-order valence-electron chi connectivity index (χ2n) is 5.37. The van der Waals surface area contributed by atoms with Gasteiger partial charge in [0, 0.05) is 10.4 Å². The zero-order valence-electron chi connectivity index (χ0n) is 11.7. The van der Waals surface area contributed by atoms with Gasteiger partial charge in [0.25, 0.3) is 5.91 Å². The van der Waals surface area contributed by atoms with Crippen LogP contribution in [0.25, 0.3) is 4.96 Å². The van der Waals surface area contributed by atoms with Gasteiger partial charge in [-0.25, -0.2) is 0 Å². The van der Waals surface area contributed by atoms with Crippen molar-refractivity contribution in [1.82, 2.24) is 19.8 Å². The Kier molecular flexibility index (Phi) is 3.23. The van der Waals surface area contributed by atoms with Crippen LogP contribution in [0.2, 0.25) is 0 Å². The third-order valence-electron chi connectivity index (χ3n) is 3.52. The van der Waals surface area contributed by atoms with Crippen molar-refractivity contribution in [1.29, 1.82) is 0 Å². The molecule has 1 aromatic carbocycles. The van der Waals surface area contributed by atoms with Gasteiger partial charge in [0.05, 0.1) is 5.69 Å². The lowest BCUT2D eigenvalue weighted by atomic mass is 10.2. The Morgan fingerprint density at radius 2 is 2.23 bits per heavy atom. The number of nitrogens with one attached hydrogen (secondary N) is 1. The number of fused-ring (bicyclic) bond motifs is 1. The van der Waals surface area contributed by atoms with E-state index in [1.54, 1.807) is 4.52 Å². The fraction of sp³-hybridized carbons (Fsp3) is 0.286. The Morgan fingerprint density at radius 3 is 2.95 bits per heavy atom. The van der Waals surface area contributed by atoms with Crippen molar-refractivity contribution < 1.29 is 4.79 Å². The Hall–Kier alpha value is -1.80. The second kappa shape index (κ2) is 5.13. The van der Waals surface area contributed by atoms with Crippen LogP contribution in [0.4, 0.5) is 5.69 Å². The molecule has 2 aromatic heterocycles. The minimum atomic E-state index is -0.234. The highest BCUT2D eigenvalue weighted by Gasteiger charge is 2.30. The predicted octanol–water partition coefficient (Wildman–Crippen LogP) is 3.39. The molecule has 0 saturated heterocycles. The van der Waals surface area contributed by atoms with Crippen molar-refractivity contribution in [2.24, 2.45) is 0 Å². The van der Waals surface area contributed by atoms with E-state index in [-0.39, 0.29) is 5.91 Å². The van der Waals surface area contributed by atoms with Crippen molar-refractivity contribution in [2.45, 2.75) is 25.7 Å². The van der Waals surface area contributed by atoms with E-state index in [4.69, 9.17) is 0 Å². The number of halogens is 1. The summed E-state index contributed by atoms with van der Waals surface area (Å²) in [5, 5.41) is 15.9. The summed E-state index contributed by atoms with van der Waals surface area (Å²) in [5.41, 5.74) is 1.85. The average molecular weight is 378 g/mol. The molecule has 8 heteroatoms. The minimum absolute atomic E-state index is 0.234. The van der Waals surface area contributed by atoms with E-state index in [0.29, 0.717) is 15.9 Å². The number of hydrogen-bond acceptors (Lipinski definition) is 5. The van der Waals surface area contributed by atoms with Crippen LogP contribution in [0, 0.1) is 6.92 Å². The lowest BCUT2D eigenvalue weighted by Gasteiger charge is -2.06. The summed E-state index contributed by atoms with van der Waals surface area (Å²) < 4.78 is 2.55. The molecule has 0 aliphatic heterocycles. The number of anilines is 1. The molecule has 22 heavy (non-hydrogen) atoms. The first-order valence-corrected chi connectivity index (χ1v) is 8.52. The molecule has 2 heterocycles. The number of hydrogen-bond donors (Lipinski definition) is 1. The van der Waals surface area contributed by atoms with E-state index in [9.17, 15) is 4.79 Å². The molecule has 4 rings (SSSR count). The summed E-state index contributed by atoms with van der Waals surface area (Å²) in [6.45, 7) is 2.00. The molecular formula is C14H12BrN5OS. The summed E-state index contributed by atoms with van der Waals surface area (Å²) in [5.74, 6) is 1.07. The molecule has 6 nitrogen and oxygen atoms in total. The number of aryl methyl sites for hydroxylation is 1. The monoisotopic (exact) mass is 377 g/mol. The second-order valence-corrected chi connectivity index (χ2v) is 7.18. The standard InChI is InChI=1S/C14H12BrN5OS/c1-7-2-5-10(9(15)6-7)16-12(21)13-19-20-11(8-3-4-8)17-18-14(20)22-13/h2,5-6,8H,3-4H2,1H3,(H,16,21). The van der Waals surface area contributed by atoms with Gasteiger partial charge in [-0.1, -0.05) is 17.4 Å². The zero-order valence-corrected chi connectivity index (χ0v) is 14.1. The third kappa shape index (κ3) is 2.42. The number of aromatic nitrogens is 4. The summed E-state index contributed by atoms with van der Waals surface area (Å²) in [6, 6.07) is 5.77. The largest absolute Gasteiger partial charge is 0.319 e. The fourth-order valence-electron chi connectivity index (χ4n) is 2.22. The average Bonchev–Trinajstić information content (AvgIpc) is 3.10. The third-order valence-corrected chi connectivity index (χ3v) is 5.08. The van der Waals surface area contributed by atoms with Crippen LogP contribution in [0.1, 0.15) is 39.9 Å². The molecule has 1 aliphatic rings. The highest BCUT2D eigenvalue weighted by atomic mass is 79.9. The van der Waals surface area contributed by atoms with Crippen LogP contribution in [-0.4, -0.2) is 25.7 Å². The summed E-state index contributed by atoms with van der Waals surface area (Å²) >= 11 is 4.71. The minimum Gasteiger partial charge on any atom is -0.319 e. The van der Waals surface area contributed by atoms with Gasteiger partial charge in [0.1, 0.15) is 0 Å². The number of rotatable bonds is 3. The predicted molar refractivity (Wildman–Crippen MR) is 87.5 cm³/mol. The lowest BCUT2D eigenvalue weighted by Crippen LogP contribution is -2.12. The van der Waals surface area contributed by atoms with Gasteiger partial charge >= 0.3 is 0 Å². The maximum absolute atomic E-state index is 12.4. The number of nitrogens with zero attached hydrogens (tertiary/aromatic N) is 4. The molecule has 0 spiro atoms. The van der Waals surface area contributed by atoms with Crippen LogP contribution in [0.15, 0.2) is 22.7 Å². The maximum atomic E-state index is 12.4. The van der Waals surface area contributed by atoms with Crippen LogP contribution in [0.3, 0.4) is 0 Å². The van der Waals surface area contributed by atoms with Gasteiger partial charge in [-0.2, -0.15) is 4.52 Å². The Morgan fingerprint density at radius 1 is 1.41 bits per heavy atom. The Bertz CT molecular complexity index is 883. The van der Waals surface area contributed by atoms with E-state index in [1.165, 1.54) is 11.3 Å². The van der Waals surface area contributed by atoms with Crippen LogP contribution in [-0.2, 0) is 0 Å². The number of benzene rings is 1. The first-order chi connectivity index (χ1) is 10.6. The first-order valence-electron chi connectivity index (χ1n) is 6.91. The van der Waals surface area contributed by atoms with E-state index in [1.807, 2.05) is 25.1 Å². The lowest BCUT2D eigenvalue weighted by molar-refractivity contribution is 0.102. The molecule has 112 valence electrons. The molecule has 0 bridgehead atoms. The van der Waals surface area contributed by atoms with Crippen molar-refractivity contribution in [3.8, 4) is 0 Å². The Balaban J connectivity index is 1.62. The molecule has 1 N–H and O–H groups in total. The van der Waals surface area contributed by atoms with Crippen molar-refractivity contribution in [2.75, 3.05) is 5.32 Å². The summed E-state index contributed by atoms with van der Waals surface area (Å²) in [4.78, 5) is 13.0. The molecule has 1 fully saturated rings. The van der Waals surface area contributed by atoms with Crippen LogP contribution >= 0.6 is 27.3 Å². The van der Waals surface area contributed by atoms with Gasteiger partial charge in [0.15, 0.2) is 5.82 Å². The van der Waals surface area contributed by atoms with Crippen LogP contribution < -0.4 is 5.32 Å². The van der Waals surface area contributed by atoms with E-state index in [2.05, 4.69) is 36.5 Å². The molecule has 3 aromatic rings. The van der Waals surface area contributed by atoms with Gasteiger partial charge in [0.2, 0.25) is 9.97 Å². The molecule has 1 saturated carbocycles. The van der Waals surface area contributed by atoms with E-state index >= 15 is 0 Å². The topological polar surface area (TPSA) is 72.2 Å². The van der Waals surface area contributed by atoms with Gasteiger partial charge in [-0.05, 0) is 53.4 Å². The molecular weight excluding hydrogens is 366 g/mol. The highest BCUT2D eigenvalue weighted by molar-refractivity contribution is 9.10. The molecule has 0 radical (unpaired) electrons. The van der Waals surface area contributed by atoms with Crippen molar-refractivity contribution in [3.05, 3.63) is 39.1 Å². The molecule has 1 aliphatic carbocycles. The van der Waals surface area contributed by atoms with E-state index in [0.717, 1.165) is 34.4 Å². The number of carbonyl (C=O) groups excluding carboxylic acids is 1.